The number of ether oxygens (including phenoxy) is 1. The van der Waals surface area contributed by atoms with Gasteiger partial charge in [-0.2, -0.15) is 0 Å². The zero-order valence-electron chi connectivity index (χ0n) is 15.2. The molecule has 3 rings (SSSR count). The Morgan fingerprint density at radius 1 is 1.00 bits per heavy atom. The van der Waals surface area contributed by atoms with Gasteiger partial charge in [-0.3, -0.25) is 10.1 Å². The Kier molecular flexibility index (Phi) is 5.32. The van der Waals surface area contributed by atoms with Crippen molar-refractivity contribution in [1.82, 2.24) is 10.2 Å². The number of carbonyl (C=O) groups excluding carboxylic acids is 1. The van der Waals surface area contributed by atoms with Gasteiger partial charge in [0, 0.05) is 5.56 Å². The summed E-state index contributed by atoms with van der Waals surface area (Å²) < 4.78 is 5.76. The van der Waals surface area contributed by atoms with Crippen molar-refractivity contribution in [3.63, 3.8) is 0 Å². The van der Waals surface area contributed by atoms with Gasteiger partial charge in [-0.05, 0) is 51.0 Å². The number of aryl methyl sites for hydroxylation is 3. The molecule has 26 heavy (non-hydrogen) atoms. The highest BCUT2D eigenvalue weighted by molar-refractivity contribution is 7.18. The van der Waals surface area contributed by atoms with E-state index >= 15 is 0 Å². The lowest BCUT2D eigenvalue weighted by atomic mass is 10.1. The quantitative estimate of drug-likeness (QED) is 0.719. The van der Waals surface area contributed by atoms with Crippen LogP contribution in [-0.4, -0.2) is 22.2 Å². The molecule has 5 nitrogen and oxygen atoms in total. The number of anilines is 1. The zero-order chi connectivity index (χ0) is 18.7. The topological polar surface area (TPSA) is 64.1 Å². The highest BCUT2D eigenvalue weighted by atomic mass is 32.1. The first-order valence-electron chi connectivity index (χ1n) is 8.37. The van der Waals surface area contributed by atoms with Crippen LogP contribution in [0.4, 0.5) is 5.13 Å². The smallest absolute Gasteiger partial charge is 0.266 e. The monoisotopic (exact) mass is 367 g/mol. The van der Waals surface area contributed by atoms with Crippen molar-refractivity contribution < 1.29 is 9.53 Å². The summed E-state index contributed by atoms with van der Waals surface area (Å²) in [6.45, 7) is 7.75. The number of carbonyl (C=O) groups is 1. The van der Waals surface area contributed by atoms with Crippen LogP contribution in [-0.2, 0) is 4.79 Å². The molecule has 0 saturated carbocycles. The number of aromatic nitrogens is 2. The van der Waals surface area contributed by atoms with E-state index in [2.05, 4.69) is 21.6 Å². The third-order valence-electron chi connectivity index (χ3n) is 3.83. The maximum atomic E-state index is 12.4. The minimum absolute atomic E-state index is 0.254. The van der Waals surface area contributed by atoms with Crippen LogP contribution in [0, 0.1) is 20.8 Å². The lowest BCUT2D eigenvalue weighted by Crippen LogP contribution is -2.30. The van der Waals surface area contributed by atoms with Crippen molar-refractivity contribution in [2.24, 2.45) is 0 Å². The summed E-state index contributed by atoms with van der Waals surface area (Å²) in [6.07, 6.45) is -0.636. The molecule has 3 aromatic rings. The summed E-state index contributed by atoms with van der Waals surface area (Å²) in [4.78, 5) is 12.4. The largest absolute Gasteiger partial charge is 0.481 e. The number of nitrogens with zero attached hydrogens (tertiary/aromatic N) is 2. The molecule has 1 amide bonds. The average molecular weight is 367 g/mol. The van der Waals surface area contributed by atoms with E-state index in [4.69, 9.17) is 4.74 Å². The Hall–Kier alpha value is -2.73. The minimum Gasteiger partial charge on any atom is -0.481 e. The van der Waals surface area contributed by atoms with Crippen LogP contribution in [0.2, 0.25) is 0 Å². The van der Waals surface area contributed by atoms with Crippen molar-refractivity contribution in [2.75, 3.05) is 5.32 Å². The van der Waals surface area contributed by atoms with Gasteiger partial charge in [0.1, 0.15) is 10.8 Å². The van der Waals surface area contributed by atoms with Gasteiger partial charge in [-0.15, -0.1) is 10.2 Å². The first-order valence-corrected chi connectivity index (χ1v) is 9.19. The highest BCUT2D eigenvalue weighted by Gasteiger charge is 2.17. The van der Waals surface area contributed by atoms with E-state index in [0.717, 1.165) is 21.7 Å². The number of hydrogen-bond acceptors (Lipinski definition) is 5. The maximum absolute atomic E-state index is 12.4. The van der Waals surface area contributed by atoms with Crippen molar-refractivity contribution in [1.29, 1.82) is 0 Å². The standard InChI is InChI=1S/C20H21N3O2S/c1-12-5-7-16(8-6-12)19-22-23-20(26-19)21-18(24)15(4)25-17-10-13(2)9-14(3)11-17/h5-11,15H,1-4H3,(H,21,23,24)/t15-/m0/s1. The summed E-state index contributed by atoms with van der Waals surface area (Å²) in [5.74, 6) is 0.429. The van der Waals surface area contributed by atoms with Gasteiger partial charge in [0.05, 0.1) is 0 Å². The number of amides is 1. The molecular formula is C20H21N3O2S. The molecule has 134 valence electrons. The predicted octanol–water partition coefficient (Wildman–Crippen LogP) is 4.54. The van der Waals surface area contributed by atoms with E-state index in [-0.39, 0.29) is 5.91 Å². The molecule has 1 heterocycles. The van der Waals surface area contributed by atoms with Gasteiger partial charge < -0.3 is 4.74 Å². The Labute approximate surface area is 157 Å². The van der Waals surface area contributed by atoms with Gasteiger partial charge in [0.2, 0.25) is 5.13 Å². The van der Waals surface area contributed by atoms with Crippen LogP contribution in [0.3, 0.4) is 0 Å². The summed E-state index contributed by atoms with van der Waals surface area (Å²) in [7, 11) is 0. The number of hydrogen-bond donors (Lipinski definition) is 1. The molecule has 1 N–H and O–H groups in total. The number of nitrogens with one attached hydrogen (secondary N) is 1. The van der Waals surface area contributed by atoms with Crippen molar-refractivity contribution >= 4 is 22.4 Å². The van der Waals surface area contributed by atoms with E-state index in [1.165, 1.54) is 16.9 Å². The van der Waals surface area contributed by atoms with Crippen LogP contribution >= 0.6 is 11.3 Å². The summed E-state index contributed by atoms with van der Waals surface area (Å²) in [5.41, 5.74) is 4.36. The van der Waals surface area contributed by atoms with Crippen LogP contribution in [0.15, 0.2) is 42.5 Å². The first kappa shape index (κ1) is 18.1. The predicted molar refractivity (Wildman–Crippen MR) is 105 cm³/mol. The Balaban J connectivity index is 1.65. The SMILES string of the molecule is Cc1ccc(-c2nnc(NC(=O)[C@H](C)Oc3cc(C)cc(C)c3)s2)cc1. The number of rotatable bonds is 5. The molecule has 0 unspecified atom stereocenters. The fourth-order valence-electron chi connectivity index (χ4n) is 2.55. The molecule has 0 saturated heterocycles. The van der Waals surface area contributed by atoms with Crippen LogP contribution in [0.5, 0.6) is 5.75 Å². The molecule has 0 spiro atoms. The average Bonchev–Trinajstić information content (AvgIpc) is 3.03. The Morgan fingerprint density at radius 2 is 1.65 bits per heavy atom. The molecule has 0 bridgehead atoms. The summed E-state index contributed by atoms with van der Waals surface area (Å²) in [5, 5.41) is 12.2. The normalized spacial score (nSPS) is 11.8. The second kappa shape index (κ2) is 7.66. The zero-order valence-corrected chi connectivity index (χ0v) is 16.1. The third kappa shape index (κ3) is 4.46. The second-order valence-electron chi connectivity index (χ2n) is 6.35. The fraction of sp³-hybridized carbons (Fsp3) is 0.250. The van der Waals surface area contributed by atoms with Gasteiger partial charge in [-0.1, -0.05) is 47.2 Å². The molecule has 6 heteroatoms. The van der Waals surface area contributed by atoms with Crippen LogP contribution in [0.25, 0.3) is 10.6 Å². The Morgan fingerprint density at radius 3 is 2.31 bits per heavy atom. The van der Waals surface area contributed by atoms with E-state index < -0.39 is 6.10 Å². The summed E-state index contributed by atoms with van der Waals surface area (Å²) in [6, 6.07) is 13.9. The van der Waals surface area contributed by atoms with Gasteiger partial charge in [-0.25, -0.2) is 0 Å². The third-order valence-corrected chi connectivity index (χ3v) is 4.72. The molecule has 0 aliphatic heterocycles. The molecule has 0 radical (unpaired) electrons. The second-order valence-corrected chi connectivity index (χ2v) is 7.33. The highest BCUT2D eigenvalue weighted by Crippen LogP contribution is 2.26. The van der Waals surface area contributed by atoms with E-state index in [1.807, 2.05) is 57.2 Å². The van der Waals surface area contributed by atoms with E-state index in [9.17, 15) is 4.79 Å². The lowest BCUT2D eigenvalue weighted by molar-refractivity contribution is -0.122. The van der Waals surface area contributed by atoms with Gasteiger partial charge in [0.25, 0.3) is 5.91 Å². The number of benzene rings is 2. The van der Waals surface area contributed by atoms with E-state index in [1.54, 1.807) is 6.92 Å². The van der Waals surface area contributed by atoms with Crippen molar-refractivity contribution in [3.8, 4) is 16.3 Å². The molecule has 0 fully saturated rings. The maximum Gasteiger partial charge on any atom is 0.266 e. The molecule has 1 aromatic heterocycles. The summed E-state index contributed by atoms with van der Waals surface area (Å²) >= 11 is 1.34. The molecule has 1 atom stereocenters. The molecule has 2 aromatic carbocycles. The van der Waals surface area contributed by atoms with Crippen LogP contribution < -0.4 is 10.1 Å². The first-order chi connectivity index (χ1) is 12.4. The minimum atomic E-state index is -0.636. The van der Waals surface area contributed by atoms with Crippen molar-refractivity contribution in [3.05, 3.63) is 59.2 Å². The van der Waals surface area contributed by atoms with Gasteiger partial charge in [0.15, 0.2) is 6.10 Å². The molecule has 0 aliphatic carbocycles. The Bertz CT molecular complexity index is 899. The van der Waals surface area contributed by atoms with Crippen molar-refractivity contribution in [2.45, 2.75) is 33.8 Å². The molecule has 0 aliphatic rings. The van der Waals surface area contributed by atoms with Gasteiger partial charge >= 0.3 is 0 Å². The van der Waals surface area contributed by atoms with E-state index in [0.29, 0.717) is 10.9 Å². The van der Waals surface area contributed by atoms with Crippen LogP contribution in [0.1, 0.15) is 23.6 Å². The fourth-order valence-corrected chi connectivity index (χ4v) is 3.30. The lowest BCUT2D eigenvalue weighted by Gasteiger charge is -2.14. The molecular weight excluding hydrogens is 346 g/mol.